The number of urea groups is 1. The van der Waals surface area contributed by atoms with Gasteiger partial charge in [0.15, 0.2) is 0 Å². The largest absolute Gasteiger partial charge is 0.497 e. The van der Waals surface area contributed by atoms with Crippen LogP contribution in [0.15, 0.2) is 53.7 Å². The monoisotopic (exact) mass is 473 g/mol. The average Bonchev–Trinajstić information content (AvgIpc) is 2.79. The van der Waals surface area contributed by atoms with E-state index in [2.05, 4.69) is 10.6 Å². The second-order valence-electron chi connectivity index (χ2n) is 7.55. The summed E-state index contributed by atoms with van der Waals surface area (Å²) in [5, 5.41) is 6.18. The number of likely N-dealkylation sites (N-methyl/N-ethyl adjacent to an activating group) is 1. The smallest absolute Gasteiger partial charge is 0.338 e. The van der Waals surface area contributed by atoms with Crippen LogP contribution >= 0.6 is 11.6 Å². The standard InChI is InChI=1S/C24H28ClN3O5/c1-5-33-23(29)21-19(26-24(30)27-22(21)15-6-9-17(25)10-7-15)14-28(2)13-16-8-11-18(31-3)12-20(16)32-4/h6-12,22H,5,13-14H2,1-4H3,(H2,26,27,30). The zero-order chi connectivity index (χ0) is 24.0. The lowest BCUT2D eigenvalue weighted by atomic mass is 9.95. The SMILES string of the molecule is CCOC(=O)C1=C(CN(C)Cc2ccc(OC)cc2OC)NC(=O)NC1c1ccc(Cl)cc1. The summed E-state index contributed by atoms with van der Waals surface area (Å²) >= 11 is 6.02. The number of nitrogens with one attached hydrogen (secondary N) is 2. The van der Waals surface area contributed by atoms with Crippen molar-refractivity contribution in [3.8, 4) is 11.5 Å². The van der Waals surface area contributed by atoms with Gasteiger partial charge in [0.25, 0.3) is 0 Å². The number of halogens is 1. The summed E-state index contributed by atoms with van der Waals surface area (Å²) in [6, 6.07) is 11.5. The molecule has 1 unspecified atom stereocenters. The number of esters is 1. The maximum absolute atomic E-state index is 12.9. The predicted molar refractivity (Wildman–Crippen MR) is 125 cm³/mol. The van der Waals surface area contributed by atoms with Gasteiger partial charge in [-0.3, -0.25) is 4.90 Å². The first-order chi connectivity index (χ1) is 15.9. The number of nitrogens with zero attached hydrogens (tertiary/aromatic N) is 1. The van der Waals surface area contributed by atoms with Gasteiger partial charge in [-0.05, 0) is 37.7 Å². The number of amides is 2. The molecular weight excluding hydrogens is 446 g/mol. The van der Waals surface area contributed by atoms with E-state index >= 15 is 0 Å². The van der Waals surface area contributed by atoms with E-state index in [1.165, 1.54) is 0 Å². The van der Waals surface area contributed by atoms with Crippen LogP contribution in [0.5, 0.6) is 11.5 Å². The third kappa shape index (κ3) is 5.97. The van der Waals surface area contributed by atoms with Crippen LogP contribution in [0.1, 0.15) is 24.1 Å². The van der Waals surface area contributed by atoms with Gasteiger partial charge >= 0.3 is 12.0 Å². The number of ether oxygens (including phenoxy) is 3. The van der Waals surface area contributed by atoms with Crippen LogP contribution in [-0.2, 0) is 16.1 Å². The van der Waals surface area contributed by atoms with E-state index in [9.17, 15) is 9.59 Å². The third-order valence-corrected chi connectivity index (χ3v) is 5.47. The molecule has 0 saturated carbocycles. The molecule has 33 heavy (non-hydrogen) atoms. The summed E-state index contributed by atoms with van der Waals surface area (Å²) in [6.07, 6.45) is 0. The lowest BCUT2D eigenvalue weighted by molar-refractivity contribution is -0.139. The summed E-state index contributed by atoms with van der Waals surface area (Å²) in [5.41, 5.74) is 2.50. The molecule has 176 valence electrons. The zero-order valence-corrected chi connectivity index (χ0v) is 19.9. The van der Waals surface area contributed by atoms with E-state index in [4.69, 9.17) is 25.8 Å². The Kier molecular flexibility index (Phi) is 8.19. The summed E-state index contributed by atoms with van der Waals surface area (Å²) in [6.45, 7) is 2.78. The second kappa shape index (κ2) is 11.1. The van der Waals surface area contributed by atoms with Gasteiger partial charge in [-0.25, -0.2) is 9.59 Å². The first-order valence-electron chi connectivity index (χ1n) is 10.5. The van der Waals surface area contributed by atoms with Crippen molar-refractivity contribution >= 4 is 23.6 Å². The van der Waals surface area contributed by atoms with Gasteiger partial charge in [0.05, 0.1) is 32.4 Å². The highest BCUT2D eigenvalue weighted by atomic mass is 35.5. The van der Waals surface area contributed by atoms with Crippen molar-refractivity contribution < 1.29 is 23.8 Å². The Morgan fingerprint density at radius 3 is 2.45 bits per heavy atom. The number of hydrogen-bond donors (Lipinski definition) is 2. The molecule has 1 heterocycles. The van der Waals surface area contributed by atoms with Gasteiger partial charge in [0, 0.05) is 35.4 Å². The molecule has 8 nitrogen and oxygen atoms in total. The number of rotatable bonds is 9. The van der Waals surface area contributed by atoms with Gasteiger partial charge in [0.1, 0.15) is 11.5 Å². The van der Waals surface area contributed by atoms with Gasteiger partial charge in [0.2, 0.25) is 0 Å². The van der Waals surface area contributed by atoms with E-state index in [1.807, 2.05) is 30.1 Å². The lowest BCUT2D eigenvalue weighted by Gasteiger charge is -2.31. The summed E-state index contributed by atoms with van der Waals surface area (Å²) < 4.78 is 16.1. The molecule has 0 bridgehead atoms. The fourth-order valence-electron chi connectivity index (χ4n) is 3.70. The van der Waals surface area contributed by atoms with Crippen LogP contribution in [0.4, 0.5) is 4.79 Å². The minimum atomic E-state index is -0.658. The van der Waals surface area contributed by atoms with Crippen molar-refractivity contribution in [2.75, 3.05) is 34.4 Å². The molecular formula is C24H28ClN3O5. The van der Waals surface area contributed by atoms with Crippen molar-refractivity contribution in [2.45, 2.75) is 19.5 Å². The van der Waals surface area contributed by atoms with Crippen LogP contribution < -0.4 is 20.1 Å². The molecule has 2 aromatic rings. The number of benzene rings is 2. The molecule has 0 aliphatic carbocycles. The topological polar surface area (TPSA) is 89.1 Å². The summed E-state index contributed by atoms with van der Waals surface area (Å²) in [4.78, 5) is 27.4. The van der Waals surface area contributed by atoms with E-state index in [0.29, 0.717) is 40.9 Å². The molecule has 9 heteroatoms. The Bertz CT molecular complexity index is 1040. The maximum Gasteiger partial charge on any atom is 0.338 e. The molecule has 0 fully saturated rings. The minimum absolute atomic E-state index is 0.218. The molecule has 0 spiro atoms. The molecule has 1 aliphatic rings. The van der Waals surface area contributed by atoms with Crippen molar-refractivity contribution in [1.29, 1.82) is 0 Å². The molecule has 0 saturated heterocycles. The van der Waals surface area contributed by atoms with Gasteiger partial charge < -0.3 is 24.8 Å². The normalized spacial score (nSPS) is 15.7. The van der Waals surface area contributed by atoms with Crippen LogP contribution in [0.2, 0.25) is 5.02 Å². The molecule has 2 N–H and O–H groups in total. The van der Waals surface area contributed by atoms with Gasteiger partial charge in [-0.1, -0.05) is 29.8 Å². The first kappa shape index (κ1) is 24.4. The fourth-order valence-corrected chi connectivity index (χ4v) is 3.82. The molecule has 1 atom stereocenters. The van der Waals surface area contributed by atoms with E-state index in [-0.39, 0.29) is 6.61 Å². The number of hydrogen-bond acceptors (Lipinski definition) is 6. The van der Waals surface area contributed by atoms with Gasteiger partial charge in [-0.2, -0.15) is 0 Å². The summed E-state index contributed by atoms with van der Waals surface area (Å²) in [5.74, 6) is 0.895. The molecule has 2 aromatic carbocycles. The number of carbonyl (C=O) groups excluding carboxylic acids is 2. The van der Waals surface area contributed by atoms with Crippen molar-refractivity contribution in [2.24, 2.45) is 0 Å². The Morgan fingerprint density at radius 2 is 1.82 bits per heavy atom. The number of carbonyl (C=O) groups is 2. The van der Waals surface area contributed by atoms with Crippen molar-refractivity contribution in [1.82, 2.24) is 15.5 Å². The molecule has 0 radical (unpaired) electrons. The lowest BCUT2D eigenvalue weighted by Crippen LogP contribution is -2.48. The highest BCUT2D eigenvalue weighted by Crippen LogP contribution is 2.30. The van der Waals surface area contributed by atoms with Crippen LogP contribution in [0.25, 0.3) is 0 Å². The summed E-state index contributed by atoms with van der Waals surface area (Å²) in [7, 11) is 5.09. The first-order valence-corrected chi connectivity index (χ1v) is 10.9. The number of methoxy groups -OCH3 is 2. The Morgan fingerprint density at radius 1 is 1.09 bits per heavy atom. The molecule has 1 aliphatic heterocycles. The third-order valence-electron chi connectivity index (χ3n) is 5.21. The van der Waals surface area contributed by atoms with Crippen LogP contribution in [0, 0.1) is 0 Å². The highest BCUT2D eigenvalue weighted by Gasteiger charge is 2.34. The zero-order valence-electron chi connectivity index (χ0n) is 19.1. The van der Waals surface area contributed by atoms with E-state index < -0.39 is 18.0 Å². The Hall–Kier alpha value is -3.23. The van der Waals surface area contributed by atoms with Crippen molar-refractivity contribution in [3.05, 3.63) is 69.9 Å². The van der Waals surface area contributed by atoms with E-state index in [1.54, 1.807) is 45.4 Å². The Labute approximate surface area is 198 Å². The predicted octanol–water partition coefficient (Wildman–Crippen LogP) is 3.66. The molecule has 0 aromatic heterocycles. The minimum Gasteiger partial charge on any atom is -0.497 e. The highest BCUT2D eigenvalue weighted by molar-refractivity contribution is 6.30. The average molecular weight is 474 g/mol. The molecule has 2 amide bonds. The van der Waals surface area contributed by atoms with Crippen LogP contribution in [0.3, 0.4) is 0 Å². The maximum atomic E-state index is 12.9. The fraction of sp³-hybridized carbons (Fsp3) is 0.333. The van der Waals surface area contributed by atoms with Gasteiger partial charge in [-0.15, -0.1) is 0 Å². The quantitative estimate of drug-likeness (QED) is 0.540. The molecule has 3 rings (SSSR count). The van der Waals surface area contributed by atoms with Crippen molar-refractivity contribution in [3.63, 3.8) is 0 Å². The van der Waals surface area contributed by atoms with E-state index in [0.717, 1.165) is 11.1 Å². The Balaban J connectivity index is 1.92. The second-order valence-corrected chi connectivity index (χ2v) is 7.98. The van der Waals surface area contributed by atoms with Crippen LogP contribution in [-0.4, -0.2) is 51.3 Å².